The lowest BCUT2D eigenvalue weighted by molar-refractivity contribution is 0.832. The van der Waals surface area contributed by atoms with Crippen LogP contribution in [0.2, 0.25) is 0 Å². The lowest BCUT2D eigenvalue weighted by atomic mass is 10.3. The van der Waals surface area contributed by atoms with Gasteiger partial charge in [0.15, 0.2) is 0 Å². The lowest BCUT2D eigenvalue weighted by Gasteiger charge is -1.97. The molecule has 2 rings (SSSR count). The van der Waals surface area contributed by atoms with Crippen molar-refractivity contribution in [2.75, 3.05) is 11.9 Å². The maximum atomic E-state index is 4.44. The first-order chi connectivity index (χ1) is 6.40. The molecular weight excluding hydrogens is 182 g/mol. The van der Waals surface area contributed by atoms with Gasteiger partial charge in [0, 0.05) is 24.0 Å². The van der Waals surface area contributed by atoms with E-state index in [4.69, 9.17) is 0 Å². The zero-order valence-electron chi connectivity index (χ0n) is 7.92. The van der Waals surface area contributed by atoms with Crippen molar-refractivity contribution in [2.24, 2.45) is 0 Å². The largest absolute Gasteiger partial charge is 0.360 e. The molecule has 1 saturated carbocycles. The van der Waals surface area contributed by atoms with Crippen LogP contribution in [-0.2, 0) is 0 Å². The number of nitrogens with zero attached hydrogens (tertiary/aromatic N) is 2. The summed E-state index contributed by atoms with van der Waals surface area (Å²) in [6.07, 6.45) is 5.00. The molecule has 72 valence electrons. The van der Waals surface area contributed by atoms with Crippen LogP contribution in [0.1, 0.15) is 44.3 Å². The Balaban J connectivity index is 1.82. The molecular formula is C9H15N3S. The van der Waals surface area contributed by atoms with Gasteiger partial charge >= 0.3 is 0 Å². The third kappa shape index (κ3) is 2.40. The van der Waals surface area contributed by atoms with E-state index in [0.717, 1.165) is 17.5 Å². The molecule has 1 heterocycles. The predicted octanol–water partition coefficient (Wildman–Crippen LogP) is 2.63. The monoisotopic (exact) mass is 197 g/mol. The van der Waals surface area contributed by atoms with E-state index in [1.54, 1.807) is 0 Å². The fraction of sp³-hybridized carbons (Fsp3) is 0.778. The van der Waals surface area contributed by atoms with E-state index in [1.165, 1.54) is 37.2 Å². The highest BCUT2D eigenvalue weighted by Gasteiger charge is 2.27. The standard InChI is InChI=1S/C9H15N3S/c1-2-3-6-10-9-11-8(12-13-9)7-4-5-7/h7H,2-6H2,1H3,(H,10,11,12). The predicted molar refractivity (Wildman–Crippen MR) is 55.3 cm³/mol. The van der Waals surface area contributed by atoms with Gasteiger partial charge in [0.2, 0.25) is 5.13 Å². The summed E-state index contributed by atoms with van der Waals surface area (Å²) in [5.74, 6) is 1.74. The van der Waals surface area contributed by atoms with Crippen molar-refractivity contribution in [3.05, 3.63) is 5.82 Å². The zero-order valence-corrected chi connectivity index (χ0v) is 8.73. The average molecular weight is 197 g/mol. The average Bonchev–Trinajstić information content (AvgIpc) is 2.88. The molecule has 1 aliphatic carbocycles. The van der Waals surface area contributed by atoms with Crippen molar-refractivity contribution in [3.63, 3.8) is 0 Å². The van der Waals surface area contributed by atoms with E-state index in [0.29, 0.717) is 5.92 Å². The van der Waals surface area contributed by atoms with E-state index >= 15 is 0 Å². The Morgan fingerprint density at radius 1 is 1.54 bits per heavy atom. The van der Waals surface area contributed by atoms with Gasteiger partial charge in [-0.05, 0) is 19.3 Å². The van der Waals surface area contributed by atoms with E-state index in [9.17, 15) is 0 Å². The van der Waals surface area contributed by atoms with Gasteiger partial charge < -0.3 is 5.32 Å². The highest BCUT2D eigenvalue weighted by molar-refractivity contribution is 7.09. The first kappa shape index (κ1) is 8.94. The second kappa shape index (κ2) is 4.05. The minimum absolute atomic E-state index is 0.679. The molecule has 0 aliphatic heterocycles. The Labute approximate surface area is 82.8 Å². The molecule has 1 fully saturated rings. The Kier molecular flexibility index (Phi) is 2.78. The third-order valence-corrected chi connectivity index (χ3v) is 2.88. The maximum Gasteiger partial charge on any atom is 0.202 e. The molecule has 1 N–H and O–H groups in total. The van der Waals surface area contributed by atoms with Crippen LogP contribution in [-0.4, -0.2) is 15.9 Å². The van der Waals surface area contributed by atoms with Crippen molar-refractivity contribution in [1.29, 1.82) is 0 Å². The number of anilines is 1. The van der Waals surface area contributed by atoms with Gasteiger partial charge in [-0.1, -0.05) is 13.3 Å². The van der Waals surface area contributed by atoms with Crippen LogP contribution in [0, 0.1) is 0 Å². The van der Waals surface area contributed by atoms with Gasteiger partial charge in [-0.3, -0.25) is 0 Å². The molecule has 0 aromatic carbocycles. The summed E-state index contributed by atoms with van der Waals surface area (Å²) in [5, 5.41) is 4.29. The van der Waals surface area contributed by atoms with E-state index < -0.39 is 0 Å². The second-order valence-electron chi connectivity index (χ2n) is 3.51. The number of unbranched alkanes of at least 4 members (excludes halogenated alkanes) is 1. The SMILES string of the molecule is CCCCNc1nc(C2CC2)ns1. The number of aromatic nitrogens is 2. The van der Waals surface area contributed by atoms with Crippen molar-refractivity contribution >= 4 is 16.7 Å². The van der Waals surface area contributed by atoms with Gasteiger partial charge in [-0.2, -0.15) is 4.37 Å². The fourth-order valence-electron chi connectivity index (χ4n) is 1.19. The first-order valence-electron chi connectivity index (χ1n) is 4.97. The molecule has 0 atom stereocenters. The number of rotatable bonds is 5. The Hall–Kier alpha value is -0.640. The normalized spacial score (nSPS) is 16.1. The van der Waals surface area contributed by atoms with Gasteiger partial charge in [-0.25, -0.2) is 4.98 Å². The topological polar surface area (TPSA) is 37.8 Å². The van der Waals surface area contributed by atoms with Crippen LogP contribution in [0.5, 0.6) is 0 Å². The highest BCUT2D eigenvalue weighted by Crippen LogP contribution is 2.39. The lowest BCUT2D eigenvalue weighted by Crippen LogP contribution is -2.00. The maximum absolute atomic E-state index is 4.44. The summed E-state index contributed by atoms with van der Waals surface area (Å²) in [6.45, 7) is 3.22. The van der Waals surface area contributed by atoms with Crippen LogP contribution < -0.4 is 5.32 Å². The molecule has 0 amide bonds. The van der Waals surface area contributed by atoms with Gasteiger partial charge in [0.1, 0.15) is 5.82 Å². The number of hydrogen-bond donors (Lipinski definition) is 1. The number of nitrogens with one attached hydrogen (secondary N) is 1. The fourth-order valence-corrected chi connectivity index (χ4v) is 1.86. The van der Waals surface area contributed by atoms with E-state index in [2.05, 4.69) is 21.6 Å². The summed E-state index contributed by atoms with van der Waals surface area (Å²) in [4.78, 5) is 4.44. The smallest absolute Gasteiger partial charge is 0.202 e. The van der Waals surface area contributed by atoms with Gasteiger partial charge in [0.05, 0.1) is 0 Å². The van der Waals surface area contributed by atoms with Crippen molar-refractivity contribution in [1.82, 2.24) is 9.36 Å². The Bertz CT molecular complexity index is 268. The van der Waals surface area contributed by atoms with Gasteiger partial charge in [0.25, 0.3) is 0 Å². The molecule has 13 heavy (non-hydrogen) atoms. The van der Waals surface area contributed by atoms with Crippen LogP contribution >= 0.6 is 11.5 Å². The molecule has 4 heteroatoms. The minimum Gasteiger partial charge on any atom is -0.360 e. The van der Waals surface area contributed by atoms with E-state index in [1.807, 2.05) is 0 Å². The molecule has 0 saturated heterocycles. The van der Waals surface area contributed by atoms with Crippen LogP contribution in [0.15, 0.2) is 0 Å². The van der Waals surface area contributed by atoms with Crippen LogP contribution in [0.3, 0.4) is 0 Å². The summed E-state index contributed by atoms with van der Waals surface area (Å²) in [5.41, 5.74) is 0. The van der Waals surface area contributed by atoms with E-state index in [-0.39, 0.29) is 0 Å². The number of hydrogen-bond acceptors (Lipinski definition) is 4. The molecule has 1 aromatic heterocycles. The molecule has 0 radical (unpaired) electrons. The summed E-state index contributed by atoms with van der Waals surface area (Å²) in [6, 6.07) is 0. The van der Waals surface area contributed by atoms with Crippen LogP contribution in [0.25, 0.3) is 0 Å². The minimum atomic E-state index is 0.679. The Morgan fingerprint density at radius 3 is 3.08 bits per heavy atom. The summed E-state index contributed by atoms with van der Waals surface area (Å²) < 4.78 is 4.32. The molecule has 3 nitrogen and oxygen atoms in total. The van der Waals surface area contributed by atoms with Crippen molar-refractivity contribution in [2.45, 2.75) is 38.5 Å². The molecule has 0 spiro atoms. The zero-order chi connectivity index (χ0) is 9.10. The van der Waals surface area contributed by atoms with Crippen molar-refractivity contribution in [3.8, 4) is 0 Å². The first-order valence-corrected chi connectivity index (χ1v) is 5.75. The highest BCUT2D eigenvalue weighted by atomic mass is 32.1. The molecule has 0 unspecified atom stereocenters. The van der Waals surface area contributed by atoms with Crippen molar-refractivity contribution < 1.29 is 0 Å². The quantitative estimate of drug-likeness (QED) is 0.737. The van der Waals surface area contributed by atoms with Gasteiger partial charge in [-0.15, -0.1) is 0 Å². The second-order valence-corrected chi connectivity index (χ2v) is 4.26. The summed E-state index contributed by atoms with van der Waals surface area (Å²) in [7, 11) is 0. The molecule has 0 bridgehead atoms. The molecule has 1 aromatic rings. The Morgan fingerprint density at radius 2 is 2.38 bits per heavy atom. The molecule has 1 aliphatic rings. The third-order valence-electron chi connectivity index (χ3n) is 2.19. The summed E-state index contributed by atoms with van der Waals surface area (Å²) >= 11 is 1.50. The van der Waals surface area contributed by atoms with Crippen LogP contribution in [0.4, 0.5) is 5.13 Å².